The van der Waals surface area contributed by atoms with Crippen molar-refractivity contribution in [3.05, 3.63) is 18.0 Å². The van der Waals surface area contributed by atoms with Crippen molar-refractivity contribution in [2.45, 2.75) is 50.5 Å². The van der Waals surface area contributed by atoms with Crippen LogP contribution in [0.4, 0.5) is 5.95 Å². The number of anilines is 1. The van der Waals surface area contributed by atoms with E-state index in [0.717, 1.165) is 18.9 Å². The number of nitrogens with zero attached hydrogens (tertiary/aromatic N) is 3. The summed E-state index contributed by atoms with van der Waals surface area (Å²) in [6.45, 7) is 1.53. The molecule has 0 spiro atoms. The van der Waals surface area contributed by atoms with Gasteiger partial charge in [-0.1, -0.05) is 19.3 Å². The van der Waals surface area contributed by atoms with Crippen LogP contribution in [0, 0.1) is 0 Å². The van der Waals surface area contributed by atoms with Gasteiger partial charge in [-0.25, -0.2) is 9.97 Å². The van der Waals surface area contributed by atoms with Gasteiger partial charge in [-0.3, -0.25) is 0 Å². The normalized spacial score (nSPS) is 25.6. The largest absolute Gasteiger partial charge is 0.391 e. The molecule has 2 heterocycles. The monoisotopic (exact) mass is 247 g/mol. The minimum absolute atomic E-state index is 0.216. The van der Waals surface area contributed by atoms with Crippen LogP contribution in [0.2, 0.25) is 0 Å². The van der Waals surface area contributed by atoms with Crippen molar-refractivity contribution in [1.82, 2.24) is 9.97 Å². The molecule has 2 fully saturated rings. The van der Waals surface area contributed by atoms with Crippen molar-refractivity contribution in [3.63, 3.8) is 0 Å². The van der Waals surface area contributed by atoms with Crippen molar-refractivity contribution in [2.24, 2.45) is 0 Å². The molecular weight excluding hydrogens is 226 g/mol. The quantitative estimate of drug-likeness (QED) is 0.869. The smallest absolute Gasteiger partial charge is 0.225 e. The van der Waals surface area contributed by atoms with Gasteiger partial charge >= 0.3 is 0 Å². The van der Waals surface area contributed by atoms with E-state index in [1.807, 2.05) is 12.4 Å². The molecule has 3 rings (SSSR count). The molecule has 0 aromatic carbocycles. The summed E-state index contributed by atoms with van der Waals surface area (Å²) >= 11 is 0. The first-order valence-corrected chi connectivity index (χ1v) is 7.08. The third-order valence-corrected chi connectivity index (χ3v) is 4.18. The average Bonchev–Trinajstić information content (AvgIpc) is 2.87. The van der Waals surface area contributed by atoms with Crippen LogP contribution in [0.3, 0.4) is 0 Å². The highest BCUT2D eigenvalue weighted by Crippen LogP contribution is 2.32. The number of hydrogen-bond donors (Lipinski definition) is 1. The minimum Gasteiger partial charge on any atom is -0.391 e. The second-order valence-electron chi connectivity index (χ2n) is 5.54. The number of aromatic nitrogens is 2. The molecule has 0 radical (unpaired) electrons. The maximum absolute atomic E-state index is 9.52. The highest BCUT2D eigenvalue weighted by molar-refractivity contribution is 5.32. The van der Waals surface area contributed by atoms with Gasteiger partial charge in [0.25, 0.3) is 0 Å². The molecule has 18 heavy (non-hydrogen) atoms. The lowest BCUT2D eigenvalue weighted by Crippen LogP contribution is -2.23. The van der Waals surface area contributed by atoms with Gasteiger partial charge in [0.05, 0.1) is 6.10 Å². The Kier molecular flexibility index (Phi) is 3.46. The van der Waals surface area contributed by atoms with E-state index in [1.165, 1.54) is 37.7 Å². The summed E-state index contributed by atoms with van der Waals surface area (Å²) in [6, 6.07) is 0. The Balaban J connectivity index is 1.68. The molecule has 1 aliphatic carbocycles. The lowest BCUT2D eigenvalue weighted by atomic mass is 9.85. The Bertz CT molecular complexity index is 363. The fourth-order valence-electron chi connectivity index (χ4n) is 3.06. The summed E-state index contributed by atoms with van der Waals surface area (Å²) in [5.41, 5.74) is 1.29. The minimum atomic E-state index is -0.216. The fourth-order valence-corrected chi connectivity index (χ4v) is 3.06. The molecule has 0 amide bonds. The molecule has 98 valence electrons. The molecule has 4 heteroatoms. The van der Waals surface area contributed by atoms with Crippen LogP contribution >= 0.6 is 0 Å². The third kappa shape index (κ3) is 2.48. The van der Waals surface area contributed by atoms with Crippen molar-refractivity contribution in [1.29, 1.82) is 0 Å². The first kappa shape index (κ1) is 11.9. The van der Waals surface area contributed by atoms with Gasteiger partial charge in [-0.05, 0) is 30.7 Å². The van der Waals surface area contributed by atoms with Crippen LogP contribution in [0.1, 0.15) is 50.0 Å². The molecule has 1 unspecified atom stereocenters. The zero-order valence-corrected chi connectivity index (χ0v) is 10.8. The number of hydrogen-bond acceptors (Lipinski definition) is 4. The third-order valence-electron chi connectivity index (χ3n) is 4.18. The fraction of sp³-hybridized carbons (Fsp3) is 0.714. The Morgan fingerprint density at radius 3 is 2.39 bits per heavy atom. The lowest BCUT2D eigenvalue weighted by Gasteiger charge is -2.22. The summed E-state index contributed by atoms with van der Waals surface area (Å²) in [5.74, 6) is 1.43. The van der Waals surface area contributed by atoms with E-state index in [4.69, 9.17) is 0 Å². The Morgan fingerprint density at radius 2 is 1.78 bits per heavy atom. The predicted molar refractivity (Wildman–Crippen MR) is 70.7 cm³/mol. The van der Waals surface area contributed by atoms with E-state index < -0.39 is 0 Å². The van der Waals surface area contributed by atoms with Gasteiger partial charge in [0.15, 0.2) is 0 Å². The van der Waals surface area contributed by atoms with Gasteiger partial charge in [-0.15, -0.1) is 0 Å². The van der Waals surface area contributed by atoms with E-state index in [1.54, 1.807) is 0 Å². The topological polar surface area (TPSA) is 49.2 Å². The van der Waals surface area contributed by atoms with Crippen LogP contribution in [0.5, 0.6) is 0 Å². The van der Waals surface area contributed by atoms with Crippen molar-refractivity contribution >= 4 is 5.95 Å². The van der Waals surface area contributed by atoms with Gasteiger partial charge < -0.3 is 10.0 Å². The number of aliphatic hydroxyl groups is 1. The molecule has 1 saturated carbocycles. The lowest BCUT2D eigenvalue weighted by molar-refractivity contribution is 0.198. The van der Waals surface area contributed by atoms with Crippen LogP contribution < -0.4 is 4.90 Å². The van der Waals surface area contributed by atoms with Crippen molar-refractivity contribution in [2.75, 3.05) is 18.0 Å². The second kappa shape index (κ2) is 5.22. The summed E-state index contributed by atoms with van der Waals surface area (Å²) < 4.78 is 0. The van der Waals surface area contributed by atoms with Crippen LogP contribution in [-0.2, 0) is 0 Å². The van der Waals surface area contributed by atoms with Crippen molar-refractivity contribution in [3.8, 4) is 0 Å². The summed E-state index contributed by atoms with van der Waals surface area (Å²) in [6.07, 6.45) is 11.2. The Morgan fingerprint density at radius 1 is 1.06 bits per heavy atom. The highest BCUT2D eigenvalue weighted by atomic mass is 16.3. The van der Waals surface area contributed by atoms with E-state index in [-0.39, 0.29) is 6.10 Å². The molecule has 1 atom stereocenters. The summed E-state index contributed by atoms with van der Waals surface area (Å²) in [7, 11) is 0. The Labute approximate surface area is 108 Å². The molecular formula is C14H21N3O. The van der Waals surface area contributed by atoms with E-state index in [0.29, 0.717) is 12.5 Å². The zero-order valence-electron chi connectivity index (χ0n) is 10.8. The maximum Gasteiger partial charge on any atom is 0.225 e. The first-order valence-electron chi connectivity index (χ1n) is 7.08. The number of rotatable bonds is 2. The summed E-state index contributed by atoms with van der Waals surface area (Å²) in [5, 5.41) is 9.52. The number of aliphatic hydroxyl groups excluding tert-OH is 1. The van der Waals surface area contributed by atoms with Gasteiger partial charge in [0.1, 0.15) is 0 Å². The summed E-state index contributed by atoms with van der Waals surface area (Å²) in [4.78, 5) is 11.0. The second-order valence-corrected chi connectivity index (χ2v) is 5.54. The van der Waals surface area contributed by atoms with E-state index in [2.05, 4.69) is 14.9 Å². The van der Waals surface area contributed by atoms with Gasteiger partial charge in [-0.2, -0.15) is 0 Å². The molecule has 1 N–H and O–H groups in total. The van der Waals surface area contributed by atoms with Gasteiger partial charge in [0.2, 0.25) is 5.95 Å². The van der Waals surface area contributed by atoms with Crippen LogP contribution in [0.15, 0.2) is 12.4 Å². The van der Waals surface area contributed by atoms with E-state index in [9.17, 15) is 5.11 Å². The molecule has 1 aliphatic heterocycles. The van der Waals surface area contributed by atoms with E-state index >= 15 is 0 Å². The maximum atomic E-state index is 9.52. The van der Waals surface area contributed by atoms with Gasteiger partial charge in [0, 0.05) is 25.5 Å². The Hall–Kier alpha value is -1.16. The molecule has 1 saturated heterocycles. The molecule has 1 aromatic heterocycles. The molecule has 0 bridgehead atoms. The average molecular weight is 247 g/mol. The van der Waals surface area contributed by atoms with Crippen LogP contribution in [0.25, 0.3) is 0 Å². The predicted octanol–water partition coefficient (Wildman–Crippen LogP) is 2.10. The van der Waals surface area contributed by atoms with Crippen LogP contribution in [-0.4, -0.2) is 34.3 Å². The standard InChI is InChI=1S/C14H21N3O/c18-13-6-7-17(10-13)14-15-8-12(9-16-14)11-4-2-1-3-5-11/h8-9,11,13,18H,1-7,10H2. The molecule has 2 aliphatic rings. The van der Waals surface area contributed by atoms with Crippen molar-refractivity contribution < 1.29 is 5.11 Å². The zero-order chi connectivity index (χ0) is 12.4. The first-order chi connectivity index (χ1) is 8.83. The SMILES string of the molecule is OC1CCN(c2ncc(C3CCCCC3)cn2)C1. The number of β-amino-alcohol motifs (C(OH)–C–C–N with tert-alkyl or cyclic N) is 1. The molecule has 1 aromatic rings. The molecule has 4 nitrogen and oxygen atoms in total. The highest BCUT2D eigenvalue weighted by Gasteiger charge is 2.23.